The molecule has 0 aromatic carbocycles. The third-order valence-corrected chi connectivity index (χ3v) is 2.51. The molecule has 1 atom stereocenters. The van der Waals surface area contributed by atoms with E-state index in [1.807, 2.05) is 0 Å². The number of primary sulfonamides is 1. The lowest BCUT2D eigenvalue weighted by Crippen LogP contribution is -2.35. The van der Waals surface area contributed by atoms with E-state index in [4.69, 9.17) is 10.9 Å². The van der Waals surface area contributed by atoms with Crippen molar-refractivity contribution in [2.45, 2.75) is 13.3 Å². The van der Waals surface area contributed by atoms with Crippen LogP contribution in [-0.4, -0.2) is 33.2 Å². The number of nitrogens with two attached hydrogens (primary N) is 2. The van der Waals surface area contributed by atoms with Gasteiger partial charge in [0.15, 0.2) is 0 Å². The van der Waals surface area contributed by atoms with Crippen LogP contribution in [0, 0.1) is 5.92 Å². The molecule has 0 aliphatic rings. The Kier molecular flexibility index (Phi) is 5.66. The Hall–Kier alpha value is -0.660. The van der Waals surface area contributed by atoms with Gasteiger partial charge in [0.2, 0.25) is 15.9 Å². The van der Waals surface area contributed by atoms with Crippen LogP contribution in [0.4, 0.5) is 0 Å². The first-order valence-corrected chi connectivity index (χ1v) is 6.06. The number of hydrogen-bond donors (Lipinski definition) is 3. The second-order valence-corrected chi connectivity index (χ2v) is 4.87. The Morgan fingerprint density at radius 1 is 1.50 bits per heavy atom. The lowest BCUT2D eigenvalue weighted by Gasteiger charge is -2.10. The first-order chi connectivity index (χ1) is 6.37. The van der Waals surface area contributed by atoms with Crippen LogP contribution >= 0.6 is 0 Å². The third kappa shape index (κ3) is 6.81. The molecule has 0 aromatic rings. The SMILES string of the molecule is CC(CCN)C(=O)NCCS(N)(=O)=O. The Bertz CT molecular complexity index is 276. The summed E-state index contributed by atoms with van der Waals surface area (Å²) >= 11 is 0. The summed E-state index contributed by atoms with van der Waals surface area (Å²) in [5.74, 6) is -0.631. The first kappa shape index (κ1) is 13.3. The zero-order chi connectivity index (χ0) is 11.2. The summed E-state index contributed by atoms with van der Waals surface area (Å²) in [5, 5.41) is 7.23. The van der Waals surface area contributed by atoms with Crippen molar-refractivity contribution in [3.63, 3.8) is 0 Å². The number of rotatable bonds is 6. The van der Waals surface area contributed by atoms with Gasteiger partial charge >= 0.3 is 0 Å². The summed E-state index contributed by atoms with van der Waals surface area (Å²) in [7, 11) is -3.50. The largest absolute Gasteiger partial charge is 0.355 e. The summed E-state index contributed by atoms with van der Waals surface area (Å²) in [5.41, 5.74) is 5.27. The molecule has 14 heavy (non-hydrogen) atoms. The first-order valence-electron chi connectivity index (χ1n) is 4.35. The predicted octanol–water partition coefficient (Wildman–Crippen LogP) is -1.62. The van der Waals surface area contributed by atoms with E-state index in [-0.39, 0.29) is 24.1 Å². The van der Waals surface area contributed by atoms with Gasteiger partial charge in [-0.1, -0.05) is 6.92 Å². The average Bonchev–Trinajstić information content (AvgIpc) is 2.02. The van der Waals surface area contributed by atoms with Crippen molar-refractivity contribution in [1.29, 1.82) is 0 Å². The molecule has 5 N–H and O–H groups in total. The molecular formula is C7H17N3O3S. The molecule has 6 nitrogen and oxygen atoms in total. The molecule has 0 spiro atoms. The molecule has 0 fully saturated rings. The third-order valence-electron chi connectivity index (χ3n) is 1.73. The minimum Gasteiger partial charge on any atom is -0.355 e. The second-order valence-electron chi connectivity index (χ2n) is 3.14. The van der Waals surface area contributed by atoms with E-state index in [0.29, 0.717) is 13.0 Å². The highest BCUT2D eigenvalue weighted by atomic mass is 32.2. The van der Waals surface area contributed by atoms with Crippen LogP contribution < -0.4 is 16.2 Å². The van der Waals surface area contributed by atoms with Gasteiger partial charge in [0.05, 0.1) is 5.75 Å². The maximum Gasteiger partial charge on any atom is 0.222 e. The number of hydrogen-bond acceptors (Lipinski definition) is 4. The van der Waals surface area contributed by atoms with Gasteiger partial charge in [-0.3, -0.25) is 4.79 Å². The van der Waals surface area contributed by atoms with Crippen LogP contribution in [0.1, 0.15) is 13.3 Å². The van der Waals surface area contributed by atoms with E-state index >= 15 is 0 Å². The number of nitrogens with one attached hydrogen (secondary N) is 1. The molecule has 0 heterocycles. The van der Waals surface area contributed by atoms with E-state index in [9.17, 15) is 13.2 Å². The van der Waals surface area contributed by atoms with Gasteiger partial charge < -0.3 is 11.1 Å². The Morgan fingerprint density at radius 2 is 2.07 bits per heavy atom. The highest BCUT2D eigenvalue weighted by Gasteiger charge is 2.11. The quantitative estimate of drug-likeness (QED) is 0.501. The van der Waals surface area contributed by atoms with Gasteiger partial charge in [-0.05, 0) is 13.0 Å². The smallest absolute Gasteiger partial charge is 0.222 e. The number of carbonyl (C=O) groups excluding carboxylic acids is 1. The molecule has 0 aliphatic heterocycles. The molecule has 84 valence electrons. The van der Waals surface area contributed by atoms with E-state index < -0.39 is 10.0 Å². The van der Waals surface area contributed by atoms with Crippen molar-refractivity contribution < 1.29 is 13.2 Å². The molecule has 0 bridgehead atoms. The fourth-order valence-corrected chi connectivity index (χ4v) is 1.26. The zero-order valence-corrected chi connectivity index (χ0v) is 9.01. The van der Waals surface area contributed by atoms with Crippen molar-refractivity contribution in [1.82, 2.24) is 5.32 Å². The van der Waals surface area contributed by atoms with Crippen LogP contribution in [0.3, 0.4) is 0 Å². The van der Waals surface area contributed by atoms with Crippen LogP contribution in [0.5, 0.6) is 0 Å². The molecule has 0 aromatic heterocycles. The fraction of sp³-hybridized carbons (Fsp3) is 0.857. The lowest BCUT2D eigenvalue weighted by molar-refractivity contribution is -0.124. The molecule has 0 aliphatic carbocycles. The van der Waals surface area contributed by atoms with Crippen molar-refractivity contribution in [2.75, 3.05) is 18.8 Å². The van der Waals surface area contributed by atoms with Crippen LogP contribution in [-0.2, 0) is 14.8 Å². The van der Waals surface area contributed by atoms with Gasteiger partial charge in [0, 0.05) is 12.5 Å². The minimum atomic E-state index is -3.50. The Labute approximate surface area is 84.1 Å². The molecule has 0 saturated heterocycles. The van der Waals surface area contributed by atoms with Gasteiger partial charge in [0.1, 0.15) is 0 Å². The number of amides is 1. The topological polar surface area (TPSA) is 115 Å². The van der Waals surface area contributed by atoms with Gasteiger partial charge in [-0.25, -0.2) is 13.6 Å². The maximum absolute atomic E-state index is 11.2. The summed E-state index contributed by atoms with van der Waals surface area (Å²) < 4.78 is 21.0. The monoisotopic (exact) mass is 223 g/mol. The van der Waals surface area contributed by atoms with E-state index in [2.05, 4.69) is 5.32 Å². The molecule has 1 amide bonds. The highest BCUT2D eigenvalue weighted by Crippen LogP contribution is 1.98. The second kappa shape index (κ2) is 5.94. The average molecular weight is 223 g/mol. The normalized spacial score (nSPS) is 13.6. The highest BCUT2D eigenvalue weighted by molar-refractivity contribution is 7.89. The minimum absolute atomic E-state index is 0.0482. The van der Waals surface area contributed by atoms with Crippen LogP contribution in [0.2, 0.25) is 0 Å². The van der Waals surface area contributed by atoms with E-state index in [1.54, 1.807) is 6.92 Å². The van der Waals surface area contributed by atoms with Gasteiger partial charge in [0.25, 0.3) is 0 Å². The standard InChI is InChI=1S/C7H17N3O3S/c1-6(2-3-8)7(11)10-4-5-14(9,12)13/h6H,2-5,8H2,1H3,(H,10,11)(H2,9,12,13). The molecule has 7 heteroatoms. The summed E-state index contributed by atoms with van der Waals surface area (Å²) in [4.78, 5) is 11.2. The summed E-state index contributed by atoms with van der Waals surface area (Å²) in [6, 6.07) is 0. The maximum atomic E-state index is 11.2. The van der Waals surface area contributed by atoms with Crippen molar-refractivity contribution in [3.8, 4) is 0 Å². The Morgan fingerprint density at radius 3 is 2.50 bits per heavy atom. The lowest BCUT2D eigenvalue weighted by atomic mass is 10.1. The van der Waals surface area contributed by atoms with Gasteiger partial charge in [-0.15, -0.1) is 0 Å². The summed E-state index contributed by atoms with van der Waals surface area (Å²) in [6.07, 6.45) is 0.585. The molecule has 0 radical (unpaired) electrons. The van der Waals surface area contributed by atoms with Crippen molar-refractivity contribution >= 4 is 15.9 Å². The van der Waals surface area contributed by atoms with Crippen LogP contribution in [0.15, 0.2) is 0 Å². The van der Waals surface area contributed by atoms with Crippen LogP contribution in [0.25, 0.3) is 0 Å². The van der Waals surface area contributed by atoms with Gasteiger partial charge in [-0.2, -0.15) is 0 Å². The molecule has 1 unspecified atom stereocenters. The molecule has 0 saturated carbocycles. The fourth-order valence-electron chi connectivity index (χ4n) is 0.872. The zero-order valence-electron chi connectivity index (χ0n) is 8.19. The predicted molar refractivity (Wildman–Crippen MR) is 53.8 cm³/mol. The molecule has 0 rings (SSSR count). The number of carbonyl (C=O) groups is 1. The van der Waals surface area contributed by atoms with Crippen molar-refractivity contribution in [2.24, 2.45) is 16.8 Å². The molecular weight excluding hydrogens is 206 g/mol. The Balaban J connectivity index is 3.75. The summed E-state index contributed by atoms with van der Waals surface area (Å²) in [6.45, 7) is 2.22. The van der Waals surface area contributed by atoms with Crippen molar-refractivity contribution in [3.05, 3.63) is 0 Å². The van der Waals surface area contributed by atoms with E-state index in [0.717, 1.165) is 0 Å². The number of sulfonamides is 1. The van der Waals surface area contributed by atoms with E-state index in [1.165, 1.54) is 0 Å².